The van der Waals surface area contributed by atoms with Crippen molar-refractivity contribution >= 4 is 35.1 Å². The van der Waals surface area contributed by atoms with Gasteiger partial charge in [0.1, 0.15) is 12.5 Å². The van der Waals surface area contributed by atoms with E-state index in [0.29, 0.717) is 30.2 Å². The second-order valence-electron chi connectivity index (χ2n) is 6.26. The first-order valence-electron chi connectivity index (χ1n) is 8.02. The van der Waals surface area contributed by atoms with Crippen molar-refractivity contribution < 1.29 is 19.5 Å². The smallest absolute Gasteiger partial charge is 0.323 e. The van der Waals surface area contributed by atoms with Crippen LogP contribution in [0.2, 0.25) is 5.02 Å². The van der Waals surface area contributed by atoms with E-state index in [-0.39, 0.29) is 12.5 Å². The van der Waals surface area contributed by atoms with Crippen molar-refractivity contribution in [2.45, 2.75) is 6.42 Å². The van der Waals surface area contributed by atoms with Gasteiger partial charge in [-0.05, 0) is 44.8 Å². The van der Waals surface area contributed by atoms with E-state index in [1.54, 1.807) is 29.2 Å². The normalized spacial score (nSPS) is 17.2. The zero-order valence-electron chi connectivity index (χ0n) is 14.3. The van der Waals surface area contributed by atoms with Crippen molar-refractivity contribution in [1.82, 2.24) is 9.80 Å². The van der Waals surface area contributed by atoms with Crippen molar-refractivity contribution in [3.8, 4) is 0 Å². The van der Waals surface area contributed by atoms with Gasteiger partial charge in [-0.1, -0.05) is 11.6 Å². The minimum absolute atomic E-state index is 0.267. The fourth-order valence-electron chi connectivity index (χ4n) is 2.76. The number of aliphatic carboxylic acids is 1. The number of benzene rings is 1. The largest absolute Gasteiger partial charge is 0.480 e. The minimum atomic E-state index is -1.09. The van der Waals surface area contributed by atoms with Crippen LogP contribution in [0.1, 0.15) is 6.42 Å². The summed E-state index contributed by atoms with van der Waals surface area (Å²) in [6, 6.07) is 6.84. The lowest BCUT2D eigenvalue weighted by Crippen LogP contribution is -2.45. The van der Waals surface area contributed by atoms with Gasteiger partial charge in [0.15, 0.2) is 0 Å². The number of carbonyl (C=O) groups is 3. The van der Waals surface area contributed by atoms with Crippen molar-refractivity contribution in [2.75, 3.05) is 45.2 Å². The SMILES string of the molecule is CN(C)CCN(CC(=O)O)C(=O)[C@H]1CCN(c2ccc(Cl)cc2)C1=O. The first-order chi connectivity index (χ1) is 11.8. The number of carboxylic acids is 1. The molecule has 2 rings (SSSR count). The first kappa shape index (κ1) is 19.2. The average molecular weight is 368 g/mol. The van der Waals surface area contributed by atoms with Gasteiger partial charge in [-0.3, -0.25) is 14.4 Å². The molecular weight excluding hydrogens is 346 g/mol. The molecule has 25 heavy (non-hydrogen) atoms. The van der Waals surface area contributed by atoms with Gasteiger partial charge in [0.05, 0.1) is 0 Å². The number of likely N-dealkylation sites (N-methyl/N-ethyl adjacent to an activating group) is 1. The van der Waals surface area contributed by atoms with Gasteiger partial charge in [0.25, 0.3) is 0 Å². The number of rotatable bonds is 7. The summed E-state index contributed by atoms with van der Waals surface area (Å²) >= 11 is 5.86. The third-order valence-corrected chi connectivity index (χ3v) is 4.35. The van der Waals surface area contributed by atoms with E-state index in [4.69, 9.17) is 16.7 Å². The second kappa shape index (κ2) is 8.31. The number of nitrogens with zero attached hydrogens (tertiary/aromatic N) is 3. The van der Waals surface area contributed by atoms with Gasteiger partial charge in [-0.2, -0.15) is 0 Å². The lowest BCUT2D eigenvalue weighted by molar-refractivity contribution is -0.148. The van der Waals surface area contributed by atoms with E-state index in [0.717, 1.165) is 0 Å². The van der Waals surface area contributed by atoms with Gasteiger partial charge in [0, 0.05) is 30.3 Å². The maximum atomic E-state index is 12.7. The number of hydrogen-bond acceptors (Lipinski definition) is 4. The molecule has 1 heterocycles. The molecule has 1 aliphatic rings. The molecule has 8 heteroatoms. The van der Waals surface area contributed by atoms with Crippen molar-refractivity contribution in [3.05, 3.63) is 29.3 Å². The monoisotopic (exact) mass is 367 g/mol. The zero-order valence-corrected chi connectivity index (χ0v) is 15.1. The molecule has 0 aromatic heterocycles. The van der Waals surface area contributed by atoms with Gasteiger partial charge in [-0.15, -0.1) is 0 Å². The number of carbonyl (C=O) groups excluding carboxylic acids is 2. The molecule has 0 radical (unpaired) electrons. The fourth-order valence-corrected chi connectivity index (χ4v) is 2.88. The van der Waals surface area contributed by atoms with E-state index < -0.39 is 24.3 Å². The number of anilines is 1. The summed E-state index contributed by atoms with van der Waals surface area (Å²) in [4.78, 5) is 41.1. The van der Waals surface area contributed by atoms with Crippen LogP contribution in [0.3, 0.4) is 0 Å². The molecule has 7 nitrogen and oxygen atoms in total. The molecule has 0 bridgehead atoms. The summed E-state index contributed by atoms with van der Waals surface area (Å²) < 4.78 is 0. The van der Waals surface area contributed by atoms with Gasteiger partial charge in [-0.25, -0.2) is 0 Å². The van der Waals surface area contributed by atoms with Crippen LogP contribution in [0.5, 0.6) is 0 Å². The molecule has 0 unspecified atom stereocenters. The number of hydrogen-bond donors (Lipinski definition) is 1. The first-order valence-corrected chi connectivity index (χ1v) is 8.39. The fraction of sp³-hybridized carbons (Fsp3) is 0.471. The Morgan fingerprint density at radius 2 is 1.88 bits per heavy atom. The van der Waals surface area contributed by atoms with E-state index >= 15 is 0 Å². The van der Waals surface area contributed by atoms with Crippen LogP contribution in [0.4, 0.5) is 5.69 Å². The predicted octanol–water partition coefficient (Wildman–Crippen LogP) is 1.17. The molecule has 1 aliphatic heterocycles. The third-order valence-electron chi connectivity index (χ3n) is 4.10. The Morgan fingerprint density at radius 3 is 2.44 bits per heavy atom. The Hall–Kier alpha value is -2.12. The molecule has 2 amide bonds. The van der Waals surface area contributed by atoms with E-state index in [1.165, 1.54) is 4.90 Å². The summed E-state index contributed by atoms with van der Waals surface area (Å²) in [7, 11) is 3.68. The molecule has 1 saturated heterocycles. The van der Waals surface area contributed by atoms with Crippen LogP contribution < -0.4 is 4.90 Å². The second-order valence-corrected chi connectivity index (χ2v) is 6.70. The van der Waals surface area contributed by atoms with Gasteiger partial charge >= 0.3 is 5.97 Å². The van der Waals surface area contributed by atoms with Crippen molar-refractivity contribution in [1.29, 1.82) is 0 Å². The molecule has 0 saturated carbocycles. The lowest BCUT2D eigenvalue weighted by Gasteiger charge is -2.25. The van der Waals surface area contributed by atoms with Crippen LogP contribution in [0, 0.1) is 5.92 Å². The molecule has 1 N–H and O–H groups in total. The summed E-state index contributed by atoms with van der Waals surface area (Å²) in [6.07, 6.45) is 0.373. The van der Waals surface area contributed by atoms with E-state index in [1.807, 2.05) is 19.0 Å². The van der Waals surface area contributed by atoms with Crippen molar-refractivity contribution in [3.63, 3.8) is 0 Å². The molecule has 1 aromatic rings. The van der Waals surface area contributed by atoms with Crippen molar-refractivity contribution in [2.24, 2.45) is 5.92 Å². The molecule has 0 spiro atoms. The highest BCUT2D eigenvalue weighted by atomic mass is 35.5. The molecule has 1 fully saturated rings. The van der Waals surface area contributed by atoms with E-state index in [2.05, 4.69) is 0 Å². The number of carboxylic acid groups (broad SMARTS) is 1. The quantitative estimate of drug-likeness (QED) is 0.731. The topological polar surface area (TPSA) is 81.2 Å². The highest BCUT2D eigenvalue weighted by Gasteiger charge is 2.40. The molecule has 0 aliphatic carbocycles. The Labute approximate surface area is 151 Å². The Balaban J connectivity index is 2.10. The summed E-state index contributed by atoms with van der Waals surface area (Å²) in [5.41, 5.74) is 0.683. The van der Waals surface area contributed by atoms with Crippen LogP contribution in [0.25, 0.3) is 0 Å². The molecule has 136 valence electrons. The average Bonchev–Trinajstić information content (AvgIpc) is 2.92. The van der Waals surface area contributed by atoms with E-state index in [9.17, 15) is 14.4 Å². The third kappa shape index (κ3) is 4.93. The summed E-state index contributed by atoms with van der Waals surface area (Å²) in [6.45, 7) is 0.812. The standard InChI is InChI=1S/C17H22ClN3O4/c1-19(2)9-10-20(11-15(22)23)16(24)14-7-8-21(17(14)25)13-5-3-12(18)4-6-13/h3-6,14H,7-11H2,1-2H3,(H,22,23)/t14-/m1/s1. The van der Waals surface area contributed by atoms with Crippen LogP contribution in [-0.2, 0) is 14.4 Å². The summed E-state index contributed by atoms with van der Waals surface area (Å²) in [5, 5.41) is 9.62. The Morgan fingerprint density at radius 1 is 1.24 bits per heavy atom. The van der Waals surface area contributed by atoms with Crippen LogP contribution in [-0.4, -0.2) is 73.0 Å². The zero-order chi connectivity index (χ0) is 18.6. The maximum Gasteiger partial charge on any atom is 0.323 e. The van der Waals surface area contributed by atoms with Crippen LogP contribution in [0.15, 0.2) is 24.3 Å². The summed E-state index contributed by atoms with van der Waals surface area (Å²) in [5.74, 6) is -2.65. The van der Waals surface area contributed by atoms with Gasteiger partial charge < -0.3 is 19.8 Å². The lowest BCUT2D eigenvalue weighted by atomic mass is 10.1. The predicted molar refractivity (Wildman–Crippen MR) is 94.7 cm³/mol. The highest BCUT2D eigenvalue weighted by molar-refractivity contribution is 6.30. The molecule has 1 aromatic carbocycles. The maximum absolute atomic E-state index is 12.7. The highest BCUT2D eigenvalue weighted by Crippen LogP contribution is 2.27. The molecule has 1 atom stereocenters. The van der Waals surface area contributed by atoms with Gasteiger partial charge in [0.2, 0.25) is 11.8 Å². The molecular formula is C17H22ClN3O4. The number of amides is 2. The Kier molecular flexibility index (Phi) is 6.39. The minimum Gasteiger partial charge on any atom is -0.480 e. The number of halogens is 1. The van der Waals surface area contributed by atoms with Crippen LogP contribution >= 0.6 is 11.6 Å². The Bertz CT molecular complexity index is 648.